The molecule has 7 nitrogen and oxygen atoms in total. The van der Waals surface area contributed by atoms with Gasteiger partial charge in [-0.05, 0) is 38.0 Å². The molecule has 0 radical (unpaired) electrons. The minimum atomic E-state index is -0.489. The molecule has 1 atom stereocenters. The molecule has 0 spiro atoms. The fourth-order valence-electron chi connectivity index (χ4n) is 2.77. The predicted molar refractivity (Wildman–Crippen MR) is 90.8 cm³/mol. The largest absolute Gasteiger partial charge is 0.339 e. The van der Waals surface area contributed by atoms with E-state index in [1.807, 2.05) is 6.07 Å². The van der Waals surface area contributed by atoms with Gasteiger partial charge < -0.3 is 9.84 Å². The van der Waals surface area contributed by atoms with Crippen molar-refractivity contribution in [3.8, 4) is 11.4 Å². The normalized spacial score (nSPS) is 15.0. The first kappa shape index (κ1) is 16.4. The Bertz CT molecular complexity index is 960. The molecule has 1 fully saturated rings. The molecule has 1 aliphatic carbocycles. The van der Waals surface area contributed by atoms with Crippen LogP contribution in [-0.4, -0.2) is 25.8 Å². The maximum atomic E-state index is 13.3. The second-order valence-corrected chi connectivity index (χ2v) is 6.51. The fraction of sp³-hybridized carbons (Fsp3) is 0.333. The van der Waals surface area contributed by atoms with E-state index >= 15 is 0 Å². The summed E-state index contributed by atoms with van der Waals surface area (Å²) in [7, 11) is 1.75. The van der Waals surface area contributed by atoms with Crippen LogP contribution in [0, 0.1) is 5.82 Å². The van der Waals surface area contributed by atoms with Gasteiger partial charge in [-0.25, -0.2) is 4.39 Å². The van der Waals surface area contributed by atoms with Gasteiger partial charge in [-0.15, -0.1) is 0 Å². The summed E-state index contributed by atoms with van der Waals surface area (Å²) >= 11 is 0. The van der Waals surface area contributed by atoms with E-state index in [-0.39, 0.29) is 23.4 Å². The SMILES string of the molecule is C[C@@H](NC(=O)c1cc(C2CC2)nn1C)c1nc(-c2cccc(F)c2)no1. The topological polar surface area (TPSA) is 85.8 Å². The van der Waals surface area contributed by atoms with Gasteiger partial charge in [0.05, 0.1) is 5.69 Å². The first-order valence-electron chi connectivity index (χ1n) is 8.45. The Hall–Kier alpha value is -3.03. The molecule has 2 aromatic heterocycles. The van der Waals surface area contributed by atoms with Crippen molar-refractivity contribution in [1.29, 1.82) is 0 Å². The Balaban J connectivity index is 1.48. The number of rotatable bonds is 5. The summed E-state index contributed by atoms with van der Waals surface area (Å²) in [5, 5.41) is 11.1. The van der Waals surface area contributed by atoms with Gasteiger partial charge in [-0.1, -0.05) is 17.3 Å². The van der Waals surface area contributed by atoms with Crippen molar-refractivity contribution < 1.29 is 13.7 Å². The molecule has 0 unspecified atom stereocenters. The van der Waals surface area contributed by atoms with Gasteiger partial charge in [0.1, 0.15) is 17.6 Å². The van der Waals surface area contributed by atoms with E-state index in [0.717, 1.165) is 18.5 Å². The van der Waals surface area contributed by atoms with Crippen LogP contribution in [0.25, 0.3) is 11.4 Å². The van der Waals surface area contributed by atoms with Crippen LogP contribution >= 0.6 is 0 Å². The van der Waals surface area contributed by atoms with Gasteiger partial charge in [0.25, 0.3) is 5.91 Å². The monoisotopic (exact) mass is 355 g/mol. The molecule has 0 aliphatic heterocycles. The number of benzene rings is 1. The summed E-state index contributed by atoms with van der Waals surface area (Å²) in [6.07, 6.45) is 2.25. The Morgan fingerprint density at radius 3 is 2.92 bits per heavy atom. The average molecular weight is 355 g/mol. The minimum Gasteiger partial charge on any atom is -0.339 e. The summed E-state index contributed by atoms with van der Waals surface area (Å²) in [5.41, 5.74) is 1.96. The van der Waals surface area contributed by atoms with Crippen molar-refractivity contribution in [2.45, 2.75) is 31.7 Å². The lowest BCUT2D eigenvalue weighted by Gasteiger charge is -2.09. The molecule has 1 aliphatic rings. The van der Waals surface area contributed by atoms with Gasteiger partial charge in [0.2, 0.25) is 11.7 Å². The maximum absolute atomic E-state index is 13.3. The minimum absolute atomic E-state index is 0.252. The van der Waals surface area contributed by atoms with Crippen molar-refractivity contribution >= 4 is 5.91 Å². The van der Waals surface area contributed by atoms with Crippen LogP contribution < -0.4 is 5.32 Å². The predicted octanol–water partition coefficient (Wildman–Crippen LogP) is 2.98. The second kappa shape index (κ2) is 6.36. The third-order valence-electron chi connectivity index (χ3n) is 4.37. The number of nitrogens with one attached hydrogen (secondary N) is 1. The summed E-state index contributed by atoms with van der Waals surface area (Å²) in [6.45, 7) is 1.75. The molecule has 4 rings (SSSR count). The van der Waals surface area contributed by atoms with Crippen LogP contribution in [-0.2, 0) is 7.05 Å². The lowest BCUT2D eigenvalue weighted by molar-refractivity contribution is 0.0923. The molecular weight excluding hydrogens is 337 g/mol. The highest BCUT2D eigenvalue weighted by molar-refractivity contribution is 5.92. The summed E-state index contributed by atoms with van der Waals surface area (Å²) < 4.78 is 20.1. The zero-order valence-electron chi connectivity index (χ0n) is 14.4. The standard InChI is InChI=1S/C18H18FN5O2/c1-10(18-21-16(23-26-18)12-4-3-5-13(19)8-12)20-17(25)15-9-14(11-6-7-11)22-24(15)2/h3-5,8-11H,6-7H2,1-2H3,(H,20,25)/t10-/m1/s1. The second-order valence-electron chi connectivity index (χ2n) is 6.51. The highest BCUT2D eigenvalue weighted by Crippen LogP contribution is 2.39. The third kappa shape index (κ3) is 3.22. The Morgan fingerprint density at radius 2 is 2.19 bits per heavy atom. The number of hydrogen-bond acceptors (Lipinski definition) is 5. The van der Waals surface area contributed by atoms with E-state index in [1.54, 1.807) is 30.8 Å². The Kier molecular flexibility index (Phi) is 4.02. The quantitative estimate of drug-likeness (QED) is 0.760. The zero-order valence-corrected chi connectivity index (χ0v) is 14.4. The molecule has 0 bridgehead atoms. The highest BCUT2D eigenvalue weighted by Gasteiger charge is 2.28. The number of amides is 1. The van der Waals surface area contributed by atoms with Crippen LogP contribution in [0.1, 0.15) is 53.8 Å². The van der Waals surface area contributed by atoms with Crippen LogP contribution in [0.2, 0.25) is 0 Å². The van der Waals surface area contributed by atoms with Crippen LogP contribution in [0.15, 0.2) is 34.9 Å². The molecule has 3 aromatic rings. The van der Waals surface area contributed by atoms with Gasteiger partial charge in [-0.2, -0.15) is 10.1 Å². The molecular formula is C18H18FN5O2. The van der Waals surface area contributed by atoms with E-state index in [4.69, 9.17) is 4.52 Å². The van der Waals surface area contributed by atoms with E-state index in [2.05, 4.69) is 20.6 Å². The van der Waals surface area contributed by atoms with Crippen LogP contribution in [0.3, 0.4) is 0 Å². The van der Waals surface area contributed by atoms with Crippen LogP contribution in [0.4, 0.5) is 4.39 Å². The summed E-state index contributed by atoms with van der Waals surface area (Å²) in [5.74, 6) is 0.368. The molecule has 0 saturated heterocycles. The Morgan fingerprint density at radius 1 is 1.38 bits per heavy atom. The highest BCUT2D eigenvalue weighted by atomic mass is 19.1. The van der Waals surface area contributed by atoms with E-state index < -0.39 is 6.04 Å². The van der Waals surface area contributed by atoms with Gasteiger partial charge in [0.15, 0.2) is 0 Å². The summed E-state index contributed by atoms with van der Waals surface area (Å²) in [6, 6.07) is 7.27. The van der Waals surface area contributed by atoms with E-state index in [1.165, 1.54) is 12.1 Å². The van der Waals surface area contributed by atoms with E-state index in [9.17, 15) is 9.18 Å². The van der Waals surface area contributed by atoms with Gasteiger partial charge in [0, 0.05) is 18.5 Å². The van der Waals surface area contributed by atoms with Gasteiger partial charge in [-0.3, -0.25) is 9.48 Å². The van der Waals surface area contributed by atoms with Crippen LogP contribution in [0.5, 0.6) is 0 Å². The molecule has 1 N–H and O–H groups in total. The van der Waals surface area contributed by atoms with Crippen molar-refractivity contribution in [1.82, 2.24) is 25.2 Å². The molecule has 1 saturated carbocycles. The molecule has 2 heterocycles. The zero-order chi connectivity index (χ0) is 18.3. The summed E-state index contributed by atoms with van der Waals surface area (Å²) in [4.78, 5) is 16.8. The Labute approximate surface area is 149 Å². The lowest BCUT2D eigenvalue weighted by atomic mass is 10.2. The number of carbonyl (C=O) groups excluding carboxylic acids is 1. The number of carbonyl (C=O) groups is 1. The molecule has 1 aromatic carbocycles. The molecule has 1 amide bonds. The number of halogens is 1. The number of aromatic nitrogens is 4. The first-order valence-corrected chi connectivity index (χ1v) is 8.45. The first-order chi connectivity index (χ1) is 12.5. The molecule has 8 heteroatoms. The van der Waals surface area contributed by atoms with Crippen molar-refractivity contribution in [2.75, 3.05) is 0 Å². The van der Waals surface area contributed by atoms with Gasteiger partial charge >= 0.3 is 0 Å². The molecule has 134 valence electrons. The van der Waals surface area contributed by atoms with Crippen molar-refractivity contribution in [2.24, 2.45) is 7.05 Å². The number of hydrogen-bond donors (Lipinski definition) is 1. The lowest BCUT2D eigenvalue weighted by Crippen LogP contribution is -2.28. The smallest absolute Gasteiger partial charge is 0.270 e. The van der Waals surface area contributed by atoms with Crippen molar-refractivity contribution in [3.63, 3.8) is 0 Å². The number of aryl methyl sites for hydroxylation is 1. The van der Waals surface area contributed by atoms with E-state index in [0.29, 0.717) is 17.2 Å². The third-order valence-corrected chi connectivity index (χ3v) is 4.37. The maximum Gasteiger partial charge on any atom is 0.270 e. The number of nitrogens with zero attached hydrogens (tertiary/aromatic N) is 4. The average Bonchev–Trinajstić information content (AvgIpc) is 3.20. The fourth-order valence-corrected chi connectivity index (χ4v) is 2.77. The van der Waals surface area contributed by atoms with Crippen molar-refractivity contribution in [3.05, 3.63) is 53.4 Å². The molecule has 26 heavy (non-hydrogen) atoms.